The minimum Gasteiger partial charge on any atom is -0.396 e. The largest absolute Gasteiger partial charge is 0.396 e. The van der Waals surface area contributed by atoms with Gasteiger partial charge in [0.15, 0.2) is 5.79 Å². The van der Waals surface area contributed by atoms with Crippen molar-refractivity contribution in [2.75, 3.05) is 13.2 Å². The van der Waals surface area contributed by atoms with Crippen LogP contribution < -0.4 is 0 Å². The van der Waals surface area contributed by atoms with E-state index in [2.05, 4.69) is 0 Å². The normalized spacial score (nSPS) is 33.2. The molecule has 1 aliphatic heterocycles. The van der Waals surface area contributed by atoms with Gasteiger partial charge in [0, 0.05) is 6.61 Å². The average molecular weight is 206 g/mol. The summed E-state index contributed by atoms with van der Waals surface area (Å²) in [4.78, 5) is 0. The summed E-state index contributed by atoms with van der Waals surface area (Å²) < 4.78 is 10.9. The van der Waals surface area contributed by atoms with Crippen LogP contribution in [0.2, 0.25) is 0 Å². The van der Waals surface area contributed by atoms with E-state index in [0.29, 0.717) is 6.42 Å². The van der Waals surface area contributed by atoms with Gasteiger partial charge >= 0.3 is 0 Å². The lowest BCUT2D eigenvalue weighted by Gasteiger charge is -2.20. The van der Waals surface area contributed by atoms with Crippen LogP contribution in [0.5, 0.6) is 0 Å². The second kappa shape index (κ2) is 4.55. The molecule has 0 aromatic heterocycles. The van der Waals surface area contributed by atoms with Gasteiger partial charge in [0.1, 0.15) is 12.2 Å². The van der Waals surface area contributed by atoms with Crippen molar-refractivity contribution in [1.29, 1.82) is 0 Å². The lowest BCUT2D eigenvalue weighted by molar-refractivity contribution is -0.157. The lowest BCUT2D eigenvalue weighted by Crippen LogP contribution is -2.38. The Labute approximate surface area is 83.3 Å². The molecule has 1 saturated heterocycles. The van der Waals surface area contributed by atoms with Gasteiger partial charge in [-0.3, -0.25) is 0 Å². The van der Waals surface area contributed by atoms with Crippen LogP contribution in [0.1, 0.15) is 20.3 Å². The first-order chi connectivity index (χ1) is 6.50. The number of rotatable bonds is 4. The first-order valence-electron chi connectivity index (χ1n) is 4.75. The van der Waals surface area contributed by atoms with E-state index in [0.717, 1.165) is 0 Å². The van der Waals surface area contributed by atoms with Crippen molar-refractivity contribution in [3.05, 3.63) is 0 Å². The molecule has 84 valence electrons. The summed E-state index contributed by atoms with van der Waals surface area (Å²) in [5.74, 6) is -0.763. The fourth-order valence-corrected chi connectivity index (χ4v) is 1.64. The van der Waals surface area contributed by atoms with Crippen LogP contribution >= 0.6 is 0 Å². The Kier molecular flexibility index (Phi) is 3.86. The third-order valence-corrected chi connectivity index (χ3v) is 2.20. The van der Waals surface area contributed by atoms with Crippen LogP contribution in [0.3, 0.4) is 0 Å². The summed E-state index contributed by atoms with van der Waals surface area (Å²) in [5.41, 5.74) is 0. The van der Waals surface area contributed by atoms with Gasteiger partial charge in [0.2, 0.25) is 0 Å². The molecule has 1 heterocycles. The number of aliphatic hydroxyl groups is 3. The fraction of sp³-hybridized carbons (Fsp3) is 1.00. The van der Waals surface area contributed by atoms with Crippen LogP contribution in [0.25, 0.3) is 0 Å². The highest BCUT2D eigenvalue weighted by atomic mass is 16.8. The molecule has 1 fully saturated rings. The minimum atomic E-state index is -0.965. The molecule has 5 heteroatoms. The van der Waals surface area contributed by atoms with Crippen LogP contribution in [0.4, 0.5) is 0 Å². The van der Waals surface area contributed by atoms with E-state index in [1.807, 2.05) is 0 Å². The molecule has 0 aromatic rings. The van der Waals surface area contributed by atoms with Gasteiger partial charge in [-0.15, -0.1) is 0 Å². The smallest absolute Gasteiger partial charge is 0.163 e. The monoisotopic (exact) mass is 206 g/mol. The molecular formula is C9H18O5. The lowest BCUT2D eigenvalue weighted by atomic mass is 10.1. The Morgan fingerprint density at radius 1 is 1.29 bits per heavy atom. The van der Waals surface area contributed by atoms with Crippen molar-refractivity contribution in [3.8, 4) is 0 Å². The van der Waals surface area contributed by atoms with E-state index < -0.39 is 18.0 Å². The summed E-state index contributed by atoms with van der Waals surface area (Å²) in [6, 6.07) is 0. The molecule has 0 spiro atoms. The summed E-state index contributed by atoms with van der Waals surface area (Å²) in [6.07, 6.45) is -1.50. The molecule has 0 radical (unpaired) electrons. The second-order valence-corrected chi connectivity index (χ2v) is 3.90. The fourth-order valence-electron chi connectivity index (χ4n) is 1.64. The predicted octanol–water partition coefficient (Wildman–Crippen LogP) is -0.758. The zero-order valence-electron chi connectivity index (χ0n) is 8.51. The van der Waals surface area contributed by atoms with Crippen LogP contribution in [0.15, 0.2) is 0 Å². The van der Waals surface area contributed by atoms with Crippen LogP contribution in [-0.4, -0.2) is 52.6 Å². The van der Waals surface area contributed by atoms with Crippen molar-refractivity contribution >= 4 is 0 Å². The second-order valence-electron chi connectivity index (χ2n) is 3.90. The maximum absolute atomic E-state index is 9.45. The Morgan fingerprint density at radius 3 is 2.43 bits per heavy atom. The highest BCUT2D eigenvalue weighted by Crippen LogP contribution is 2.31. The van der Waals surface area contributed by atoms with Crippen molar-refractivity contribution in [1.82, 2.24) is 0 Å². The van der Waals surface area contributed by atoms with E-state index in [1.165, 1.54) is 0 Å². The third-order valence-electron chi connectivity index (χ3n) is 2.20. The molecule has 1 aliphatic rings. The Morgan fingerprint density at radius 2 is 1.93 bits per heavy atom. The summed E-state index contributed by atoms with van der Waals surface area (Å²) in [6.45, 7) is 3.08. The highest BCUT2D eigenvalue weighted by molar-refractivity contribution is 4.85. The topological polar surface area (TPSA) is 79.2 Å². The van der Waals surface area contributed by atoms with E-state index in [-0.39, 0.29) is 19.3 Å². The van der Waals surface area contributed by atoms with E-state index in [1.54, 1.807) is 13.8 Å². The maximum atomic E-state index is 9.45. The predicted molar refractivity (Wildman–Crippen MR) is 48.6 cm³/mol. The highest BCUT2D eigenvalue weighted by Gasteiger charge is 2.43. The van der Waals surface area contributed by atoms with Crippen LogP contribution in [-0.2, 0) is 9.47 Å². The van der Waals surface area contributed by atoms with Crippen molar-refractivity contribution in [2.45, 2.75) is 44.4 Å². The van der Waals surface area contributed by atoms with E-state index >= 15 is 0 Å². The quantitative estimate of drug-likeness (QED) is 0.563. The SMILES string of the molecule is CC1(C)OC([C@H](O)CO)[C@@H](CCO)O1. The van der Waals surface area contributed by atoms with Gasteiger partial charge in [-0.25, -0.2) is 0 Å². The maximum Gasteiger partial charge on any atom is 0.163 e. The molecule has 1 unspecified atom stereocenters. The molecule has 0 aromatic carbocycles. The van der Waals surface area contributed by atoms with Gasteiger partial charge in [-0.2, -0.15) is 0 Å². The molecule has 0 bridgehead atoms. The zero-order valence-corrected chi connectivity index (χ0v) is 8.51. The van der Waals surface area contributed by atoms with Crippen molar-refractivity contribution < 1.29 is 24.8 Å². The number of ether oxygens (including phenoxy) is 2. The van der Waals surface area contributed by atoms with E-state index in [4.69, 9.17) is 19.7 Å². The molecule has 0 amide bonds. The van der Waals surface area contributed by atoms with Gasteiger partial charge < -0.3 is 24.8 Å². The first-order valence-corrected chi connectivity index (χ1v) is 4.75. The van der Waals surface area contributed by atoms with Crippen molar-refractivity contribution in [3.63, 3.8) is 0 Å². The Balaban J connectivity index is 2.62. The van der Waals surface area contributed by atoms with Gasteiger partial charge in [-0.1, -0.05) is 0 Å². The molecule has 3 N–H and O–H groups in total. The molecule has 3 atom stereocenters. The molecule has 1 rings (SSSR count). The molecule has 5 nitrogen and oxygen atoms in total. The molecule has 0 saturated carbocycles. The zero-order chi connectivity index (χ0) is 10.8. The van der Waals surface area contributed by atoms with Gasteiger partial charge in [0.25, 0.3) is 0 Å². The standard InChI is InChI=1S/C9H18O5/c1-9(2)13-7(3-4-10)8(14-9)6(12)5-11/h6-8,10-12H,3-5H2,1-2H3/t6-,7-,8?/m1/s1. The van der Waals surface area contributed by atoms with Gasteiger partial charge in [0.05, 0.1) is 12.7 Å². The summed E-state index contributed by atoms with van der Waals surface area (Å²) >= 11 is 0. The van der Waals surface area contributed by atoms with Crippen molar-refractivity contribution in [2.24, 2.45) is 0 Å². The molecule has 14 heavy (non-hydrogen) atoms. The summed E-state index contributed by atoms with van der Waals surface area (Å²) in [5, 5.41) is 27.0. The molecule has 0 aliphatic carbocycles. The summed E-state index contributed by atoms with van der Waals surface area (Å²) in [7, 11) is 0. The Hall–Kier alpha value is -0.200. The third kappa shape index (κ3) is 2.65. The number of hydrogen-bond acceptors (Lipinski definition) is 5. The molecular weight excluding hydrogens is 188 g/mol. The van der Waals surface area contributed by atoms with Gasteiger partial charge in [-0.05, 0) is 20.3 Å². The van der Waals surface area contributed by atoms with Crippen LogP contribution in [0, 0.1) is 0 Å². The first kappa shape index (κ1) is 11.9. The number of hydrogen-bond donors (Lipinski definition) is 3. The van der Waals surface area contributed by atoms with E-state index in [9.17, 15) is 5.11 Å². The average Bonchev–Trinajstić information content (AvgIpc) is 2.41. The minimum absolute atomic E-state index is 0.0290. The number of aliphatic hydroxyl groups excluding tert-OH is 3. The Bertz CT molecular complexity index is 182.